The second-order valence-corrected chi connectivity index (χ2v) is 9.82. The van der Waals surface area contributed by atoms with E-state index in [1.807, 2.05) is 25.3 Å². The van der Waals surface area contributed by atoms with Crippen LogP contribution >= 0.6 is 47.9 Å². The van der Waals surface area contributed by atoms with Gasteiger partial charge in [-0.15, -0.1) is 0 Å². The summed E-state index contributed by atoms with van der Waals surface area (Å²) in [5.41, 5.74) is 2.22. The van der Waals surface area contributed by atoms with Crippen LogP contribution in [0.15, 0.2) is 12.7 Å². The third-order valence-corrected chi connectivity index (χ3v) is 4.12. The Hall–Kier alpha value is 0.0900. The van der Waals surface area contributed by atoms with E-state index in [1.54, 1.807) is 6.33 Å². The molecule has 2 aromatic heterocycles. The fourth-order valence-electron chi connectivity index (χ4n) is 3.19. The lowest BCUT2D eigenvalue weighted by Gasteiger charge is -2.24. The van der Waals surface area contributed by atoms with Crippen molar-refractivity contribution in [3.63, 3.8) is 0 Å². The van der Waals surface area contributed by atoms with Crippen molar-refractivity contribution in [2.75, 3.05) is 12.9 Å². The Morgan fingerprint density at radius 3 is 2.41 bits per heavy atom. The minimum absolute atomic E-state index is 0.127. The Bertz CT molecular complexity index is 936. The summed E-state index contributed by atoms with van der Waals surface area (Å²) in [6.45, 7) is 5.47. The lowest BCUT2D eigenvalue weighted by Crippen LogP contribution is -2.31. The van der Waals surface area contributed by atoms with E-state index in [4.69, 9.17) is 14.2 Å². The first kappa shape index (κ1) is 25.4. The average Bonchev–Trinajstić information content (AvgIpc) is 3.26. The van der Waals surface area contributed by atoms with Crippen molar-refractivity contribution in [3.8, 4) is 0 Å². The van der Waals surface area contributed by atoms with E-state index in [9.17, 15) is 13.5 Å². The van der Waals surface area contributed by atoms with Crippen LogP contribution in [0.4, 0.5) is 0 Å². The van der Waals surface area contributed by atoms with Gasteiger partial charge in [0, 0.05) is 47.9 Å². The molecule has 14 heteroatoms. The first-order valence-corrected chi connectivity index (χ1v) is 17.3. The molecule has 2 saturated heterocycles. The first-order valence-electron chi connectivity index (χ1n) is 8.30. The van der Waals surface area contributed by atoms with Crippen LogP contribution in [0.3, 0.4) is 0 Å². The molecule has 2 aromatic rings. The molecule has 2 aliphatic rings. The third kappa shape index (κ3) is 6.30. The van der Waals surface area contributed by atoms with Gasteiger partial charge in [0.25, 0.3) is 0 Å². The number of aliphatic hydroxyl groups excluding tert-OH is 1. The van der Waals surface area contributed by atoms with Gasteiger partial charge in [0.2, 0.25) is 9.05 Å². The van der Waals surface area contributed by atoms with Crippen molar-refractivity contribution in [1.82, 2.24) is 19.5 Å². The molecule has 29 heavy (non-hydrogen) atoms. The minimum atomic E-state index is -3.19. The summed E-state index contributed by atoms with van der Waals surface area (Å²) in [4.78, 5) is 12.8. The number of hydrogen-bond acceptors (Lipinski definition) is 9. The fourth-order valence-corrected chi connectivity index (χ4v) is 3.19. The Labute approximate surface area is 196 Å². The van der Waals surface area contributed by atoms with E-state index in [-0.39, 0.29) is 18.8 Å². The van der Waals surface area contributed by atoms with E-state index in [2.05, 4.69) is 62.9 Å². The SMILES string of the molecule is CS(=O)(=O)Cl.Cc1ncnc2c1ncn2C1O[C@H](CO)[C@H]2OC(C)(C)O[C@@H]12.II. The van der Waals surface area contributed by atoms with Crippen LogP contribution < -0.4 is 0 Å². The smallest absolute Gasteiger partial charge is 0.229 e. The Morgan fingerprint density at radius 2 is 1.83 bits per heavy atom. The second-order valence-electron chi connectivity index (χ2n) is 6.78. The number of aryl methyl sites for hydroxylation is 1. The van der Waals surface area contributed by atoms with E-state index < -0.39 is 27.2 Å². The molecule has 0 radical (unpaired) electrons. The van der Waals surface area contributed by atoms with Crippen LogP contribution in [-0.2, 0) is 23.3 Å². The largest absolute Gasteiger partial charge is 0.394 e. The van der Waals surface area contributed by atoms with Gasteiger partial charge in [-0.25, -0.2) is 23.4 Å². The molecule has 0 spiro atoms. The number of nitrogens with zero attached hydrogens (tertiary/aromatic N) is 4. The Morgan fingerprint density at radius 1 is 1.24 bits per heavy atom. The van der Waals surface area contributed by atoms with Crippen molar-refractivity contribution in [2.45, 2.75) is 51.1 Å². The predicted octanol–water partition coefficient (Wildman–Crippen LogP) is 2.50. The molecule has 10 nitrogen and oxygen atoms in total. The highest BCUT2D eigenvalue weighted by atomic mass is 128. The summed E-state index contributed by atoms with van der Waals surface area (Å²) in [6.07, 6.45) is 2.59. The van der Waals surface area contributed by atoms with Crippen molar-refractivity contribution in [2.24, 2.45) is 0 Å². The van der Waals surface area contributed by atoms with Crippen molar-refractivity contribution in [3.05, 3.63) is 18.3 Å². The normalized spacial score (nSPS) is 27.6. The molecule has 0 aliphatic carbocycles. The van der Waals surface area contributed by atoms with Crippen LogP contribution in [-0.4, -0.2) is 70.0 Å². The molecule has 4 rings (SSSR count). The molecule has 4 heterocycles. The van der Waals surface area contributed by atoms with E-state index in [1.165, 1.54) is 6.33 Å². The summed E-state index contributed by atoms with van der Waals surface area (Å²) >= 11 is 4.24. The number of hydrogen-bond donors (Lipinski definition) is 1. The summed E-state index contributed by atoms with van der Waals surface area (Å²) < 4.78 is 38.4. The number of ether oxygens (including phenoxy) is 3. The Kier molecular flexibility index (Phi) is 8.86. The molecule has 164 valence electrons. The maximum Gasteiger partial charge on any atom is 0.229 e. The number of imidazole rings is 1. The van der Waals surface area contributed by atoms with Gasteiger partial charge in [0.05, 0.1) is 24.9 Å². The molecule has 0 saturated carbocycles. The number of halogens is 3. The molecule has 2 fully saturated rings. The van der Waals surface area contributed by atoms with Gasteiger partial charge in [0.15, 0.2) is 17.7 Å². The second kappa shape index (κ2) is 10.1. The molecule has 0 aromatic carbocycles. The zero-order valence-electron chi connectivity index (χ0n) is 16.0. The van der Waals surface area contributed by atoms with Crippen LogP contribution in [0.1, 0.15) is 25.8 Å². The molecule has 1 N–H and O–H groups in total. The van der Waals surface area contributed by atoms with Gasteiger partial charge < -0.3 is 19.3 Å². The quantitative estimate of drug-likeness (QED) is 0.378. The molecule has 0 bridgehead atoms. The van der Waals surface area contributed by atoms with E-state index in [0.29, 0.717) is 5.65 Å². The Balaban J connectivity index is 0.000000378. The van der Waals surface area contributed by atoms with Crippen molar-refractivity contribution >= 4 is 68.1 Å². The lowest BCUT2D eigenvalue weighted by molar-refractivity contribution is -0.199. The maximum absolute atomic E-state index is 9.54. The molecular weight excluding hydrogens is 654 g/mol. The van der Waals surface area contributed by atoms with Crippen LogP contribution in [0.2, 0.25) is 0 Å². The molecule has 0 amide bonds. The first-order chi connectivity index (χ1) is 13.5. The lowest BCUT2D eigenvalue weighted by atomic mass is 10.1. The summed E-state index contributed by atoms with van der Waals surface area (Å²) in [5.74, 6) is -0.702. The number of aliphatic hydroxyl groups is 1. The van der Waals surface area contributed by atoms with Crippen LogP contribution in [0, 0.1) is 6.92 Å². The monoisotopic (exact) mass is 674 g/mol. The average molecular weight is 675 g/mol. The van der Waals surface area contributed by atoms with Crippen molar-refractivity contribution in [1.29, 1.82) is 0 Å². The summed E-state index contributed by atoms with van der Waals surface area (Å²) in [7, 11) is 1.31. The minimum Gasteiger partial charge on any atom is -0.394 e. The van der Waals surface area contributed by atoms with Gasteiger partial charge in [-0.3, -0.25) is 4.57 Å². The maximum atomic E-state index is 9.54. The topological polar surface area (TPSA) is 126 Å². The molecule has 4 atom stereocenters. The van der Waals surface area contributed by atoms with Gasteiger partial charge in [-0.1, -0.05) is 0 Å². The standard InChI is InChI=1S/C14H18N4O4.CH3ClO2S.I2/c1-7-9-12(16-5-15-7)18(6-17-9)13-11-10(8(4-19)20-13)21-14(2,3)22-11;1-5(2,3)4;1-2/h5-6,8,10-11,13,19H,4H2,1-3H3;1H3;/t8-,10-,11-,13?;;/m1../s1. The van der Waals surface area contributed by atoms with Gasteiger partial charge in [-0.05, 0) is 20.8 Å². The molecule has 2 aliphatic heterocycles. The number of rotatable bonds is 2. The summed E-state index contributed by atoms with van der Waals surface area (Å²) in [5, 5.41) is 9.54. The molecule has 1 unspecified atom stereocenters. The van der Waals surface area contributed by atoms with E-state index in [0.717, 1.165) is 17.5 Å². The van der Waals surface area contributed by atoms with Gasteiger partial charge in [0.1, 0.15) is 30.2 Å². The highest BCUT2D eigenvalue weighted by Crippen LogP contribution is 2.43. The predicted molar refractivity (Wildman–Crippen MR) is 124 cm³/mol. The number of aromatic nitrogens is 4. The zero-order valence-corrected chi connectivity index (χ0v) is 21.9. The van der Waals surface area contributed by atoms with Gasteiger partial charge >= 0.3 is 0 Å². The van der Waals surface area contributed by atoms with Crippen LogP contribution in [0.5, 0.6) is 0 Å². The van der Waals surface area contributed by atoms with E-state index >= 15 is 0 Å². The van der Waals surface area contributed by atoms with Crippen molar-refractivity contribution < 1.29 is 27.7 Å². The zero-order chi connectivity index (χ0) is 22.0. The third-order valence-electron chi connectivity index (χ3n) is 4.12. The summed E-state index contributed by atoms with van der Waals surface area (Å²) in [6, 6.07) is 0. The van der Waals surface area contributed by atoms with Crippen LogP contribution in [0.25, 0.3) is 11.2 Å². The van der Waals surface area contributed by atoms with Gasteiger partial charge in [-0.2, -0.15) is 0 Å². The highest BCUT2D eigenvalue weighted by molar-refractivity contribution is 15.0. The highest BCUT2D eigenvalue weighted by Gasteiger charge is 2.55. The fraction of sp³-hybridized carbons (Fsp3) is 0.667. The molecular formula is C15H21ClI2N4O6S. The number of fused-ring (bicyclic) bond motifs is 2.